The summed E-state index contributed by atoms with van der Waals surface area (Å²) in [7, 11) is -7.85. The van der Waals surface area contributed by atoms with Crippen molar-refractivity contribution in [2.75, 3.05) is 24.6 Å². The zero-order chi connectivity index (χ0) is 60.3. The van der Waals surface area contributed by atoms with Gasteiger partial charge in [-0.25, -0.2) is 40.3 Å². The Bertz CT molecular complexity index is 4070. The van der Waals surface area contributed by atoms with Gasteiger partial charge < -0.3 is 5.11 Å². The van der Waals surface area contributed by atoms with Crippen molar-refractivity contribution < 1.29 is 40.3 Å². The lowest BCUT2D eigenvalue weighted by molar-refractivity contribution is 0.0698. The van der Waals surface area contributed by atoms with Crippen LogP contribution in [-0.4, -0.2) is 68.2 Å². The summed E-state index contributed by atoms with van der Waals surface area (Å²) < 4.78 is 80.2. The fourth-order valence-electron chi connectivity index (χ4n) is 9.01. The number of primary sulfonamides is 1. The minimum Gasteiger partial charge on any atom is -0.478 e. The molecule has 0 aromatic heterocycles. The number of halogens is 4. The van der Waals surface area contributed by atoms with Crippen molar-refractivity contribution in [3.63, 3.8) is 0 Å². The van der Waals surface area contributed by atoms with Crippen molar-refractivity contribution in [3.8, 4) is 0 Å². The average Bonchev–Trinajstić information content (AvgIpc) is 3.62. The van der Waals surface area contributed by atoms with Gasteiger partial charge in [0.1, 0.15) is 11.6 Å². The number of amides is 1. The van der Waals surface area contributed by atoms with Crippen LogP contribution < -0.4 is 9.86 Å². The molecule has 0 radical (unpaired) electrons. The monoisotopic (exact) mass is 1250 g/mol. The molecule has 0 aliphatic heterocycles. The van der Waals surface area contributed by atoms with Crippen LogP contribution in [0.15, 0.2) is 250 Å². The van der Waals surface area contributed by atoms with Gasteiger partial charge in [0, 0.05) is 87.3 Å². The molecule has 0 saturated carbocycles. The van der Waals surface area contributed by atoms with Gasteiger partial charge in [0.25, 0.3) is 15.9 Å². The van der Waals surface area contributed by atoms with Crippen LogP contribution in [0.25, 0.3) is 21.5 Å². The van der Waals surface area contributed by atoms with E-state index in [1.165, 1.54) is 41.3 Å². The van der Waals surface area contributed by atoms with Gasteiger partial charge in [-0.2, -0.15) is 0 Å². The number of carboxylic acid groups (broad SMARTS) is 1. The largest absolute Gasteiger partial charge is 0.478 e. The van der Waals surface area contributed by atoms with Crippen molar-refractivity contribution in [1.29, 1.82) is 0 Å². The molecule has 10 aromatic carbocycles. The molecule has 11 nitrogen and oxygen atoms in total. The molecule has 436 valence electrons. The summed E-state index contributed by atoms with van der Waals surface area (Å²) in [6, 6.07) is 67.4. The second-order valence-corrected chi connectivity index (χ2v) is 25.7. The first-order valence-electron chi connectivity index (χ1n) is 26.5. The number of nitrogens with two attached hydrogens (primary N) is 1. The van der Waals surface area contributed by atoms with E-state index in [0.29, 0.717) is 71.4 Å². The summed E-state index contributed by atoms with van der Waals surface area (Å²) in [5.41, 5.74) is 3.25. The van der Waals surface area contributed by atoms with Crippen LogP contribution in [-0.2, 0) is 46.2 Å². The Labute approximate surface area is 512 Å². The number of sulfonamides is 2. The molecular weight excluding hydrogens is 1200 g/mol. The molecule has 0 fully saturated rings. The summed E-state index contributed by atoms with van der Waals surface area (Å²) in [5, 5.41) is 18.1. The van der Waals surface area contributed by atoms with Crippen LogP contribution >= 0.6 is 46.7 Å². The van der Waals surface area contributed by atoms with Crippen LogP contribution in [0.4, 0.5) is 8.78 Å². The highest BCUT2D eigenvalue weighted by Crippen LogP contribution is 2.27. The van der Waals surface area contributed by atoms with Crippen LogP contribution in [0.3, 0.4) is 0 Å². The summed E-state index contributed by atoms with van der Waals surface area (Å²) >= 11 is 16.0. The molecule has 0 aliphatic carbocycles. The van der Waals surface area contributed by atoms with Crippen LogP contribution in [0.5, 0.6) is 0 Å². The van der Waals surface area contributed by atoms with Crippen LogP contribution in [0.2, 0.25) is 10.0 Å². The highest BCUT2D eigenvalue weighted by molar-refractivity contribution is 7.99. The van der Waals surface area contributed by atoms with E-state index in [1.807, 2.05) is 97.1 Å². The second-order valence-electron chi connectivity index (χ2n) is 19.3. The lowest BCUT2D eigenvalue weighted by Gasteiger charge is -2.23. The quantitative estimate of drug-likeness (QED) is 0.0586. The van der Waals surface area contributed by atoms with Gasteiger partial charge in [-0.1, -0.05) is 169 Å². The standard InChI is InChI=1S/C33H28ClFN2O3S2.C22H22ClFN2O2S2.C11H8O2/c34-31-14-7-15-32(35)30(31)23-37(20-21-41-26-10-2-1-3-11-26)22-24-16-18-27(19-17-24)42(39,40)36-33(38)29-13-6-9-25-8-4-5-12-28(25)29;23-21-7-4-8-22(24)20(21)16-26(13-14-29-18-5-2-1-3-6-18)15-17-9-11-19(12-10-17)30(25,27)28;12-11(13)10-7-3-5-8-4-1-2-6-9(8)10/h1-19H,20-23H2,(H,36,38);1-12H,13-16H2,(H2,25,27,28);1-7H,(H,12,13). The summed E-state index contributed by atoms with van der Waals surface area (Å²) in [6.07, 6.45) is 0. The van der Waals surface area contributed by atoms with Gasteiger partial charge in [0.15, 0.2) is 0 Å². The zero-order valence-corrected chi connectivity index (χ0v) is 50.4. The van der Waals surface area contributed by atoms with E-state index in [4.69, 9.17) is 33.4 Å². The van der Waals surface area contributed by atoms with Gasteiger partial charge in [-0.05, 0) is 118 Å². The Morgan fingerprint density at radius 2 is 0.859 bits per heavy atom. The molecule has 10 aromatic rings. The van der Waals surface area contributed by atoms with E-state index < -0.39 is 31.9 Å². The Balaban J connectivity index is 0.000000189. The van der Waals surface area contributed by atoms with E-state index in [1.54, 1.807) is 108 Å². The maximum absolute atomic E-state index is 14.6. The fraction of sp³-hybridized carbons (Fsp3) is 0.121. The second kappa shape index (κ2) is 30.6. The van der Waals surface area contributed by atoms with E-state index in [0.717, 1.165) is 43.7 Å². The number of thioether (sulfide) groups is 2. The van der Waals surface area contributed by atoms with Crippen LogP contribution in [0.1, 0.15) is 43.0 Å². The smallest absolute Gasteiger partial charge is 0.336 e. The highest BCUT2D eigenvalue weighted by atomic mass is 35.5. The molecule has 85 heavy (non-hydrogen) atoms. The Morgan fingerprint density at radius 1 is 0.471 bits per heavy atom. The number of nitrogens with one attached hydrogen (secondary N) is 1. The number of nitrogens with zero attached hydrogens (tertiary/aromatic N) is 2. The number of hydrogen-bond acceptors (Lipinski definition) is 10. The van der Waals surface area contributed by atoms with E-state index >= 15 is 0 Å². The van der Waals surface area contributed by atoms with E-state index in [9.17, 15) is 35.2 Å². The first kappa shape index (κ1) is 63.6. The number of carbonyl (C=O) groups excluding carboxylic acids is 1. The first-order valence-corrected chi connectivity index (χ1v) is 32.3. The third-order valence-electron chi connectivity index (χ3n) is 13.3. The van der Waals surface area contributed by atoms with Crippen molar-refractivity contribution >= 4 is 100 Å². The minimum atomic E-state index is -4.11. The molecule has 10 rings (SSSR count). The average molecular weight is 1260 g/mol. The van der Waals surface area contributed by atoms with Crippen molar-refractivity contribution in [2.45, 2.75) is 45.8 Å². The van der Waals surface area contributed by atoms with Gasteiger partial charge >= 0.3 is 5.97 Å². The van der Waals surface area contributed by atoms with Crippen molar-refractivity contribution in [3.05, 3.63) is 286 Å². The fourth-order valence-corrected chi connectivity index (χ4v) is 12.8. The van der Waals surface area contributed by atoms with Crippen molar-refractivity contribution in [1.82, 2.24) is 14.5 Å². The third-order valence-corrected chi connectivity index (χ3v) is 18.3. The Morgan fingerprint density at radius 3 is 1.29 bits per heavy atom. The molecule has 0 unspecified atom stereocenters. The predicted molar refractivity (Wildman–Crippen MR) is 339 cm³/mol. The number of rotatable bonds is 21. The molecule has 0 aliphatic rings. The van der Waals surface area contributed by atoms with E-state index in [-0.39, 0.29) is 27.0 Å². The van der Waals surface area contributed by atoms with Gasteiger partial charge in [-0.15, -0.1) is 23.5 Å². The lowest BCUT2D eigenvalue weighted by Crippen LogP contribution is -2.30. The number of carboxylic acids is 1. The topological polar surface area (TPSA) is 167 Å². The number of benzene rings is 10. The molecule has 0 bridgehead atoms. The molecule has 0 saturated heterocycles. The lowest BCUT2D eigenvalue weighted by atomic mass is 10.0. The molecule has 1 amide bonds. The predicted octanol–water partition coefficient (Wildman–Crippen LogP) is 15.0. The molecule has 19 heteroatoms. The Hall–Kier alpha value is -7.42. The maximum atomic E-state index is 14.6. The van der Waals surface area contributed by atoms with Gasteiger partial charge in [-0.3, -0.25) is 14.6 Å². The molecule has 4 N–H and O–H groups in total. The first-order chi connectivity index (χ1) is 40.9. The van der Waals surface area contributed by atoms with E-state index in [2.05, 4.69) is 26.7 Å². The maximum Gasteiger partial charge on any atom is 0.336 e. The summed E-state index contributed by atoms with van der Waals surface area (Å²) in [5.74, 6) is -0.704. The Kier molecular flexibility index (Phi) is 22.9. The number of fused-ring (bicyclic) bond motifs is 2. The van der Waals surface area contributed by atoms with Crippen molar-refractivity contribution in [2.24, 2.45) is 5.14 Å². The number of aromatic carboxylic acids is 1. The highest BCUT2D eigenvalue weighted by Gasteiger charge is 2.22. The summed E-state index contributed by atoms with van der Waals surface area (Å²) in [6.45, 7) is 2.94. The normalized spacial score (nSPS) is 11.4. The number of carbonyl (C=O) groups is 2. The minimum absolute atomic E-state index is 0.0248. The number of hydrogen-bond donors (Lipinski definition) is 3. The molecule has 0 atom stereocenters. The van der Waals surface area contributed by atoms with Gasteiger partial charge in [0.05, 0.1) is 15.4 Å². The molecule has 0 spiro atoms. The van der Waals surface area contributed by atoms with Crippen LogP contribution in [0, 0.1) is 11.6 Å². The third kappa shape index (κ3) is 18.5. The summed E-state index contributed by atoms with van der Waals surface area (Å²) in [4.78, 5) is 30.3. The molecule has 0 heterocycles. The molecular formula is C66H58Cl2F2N4O7S4. The van der Waals surface area contributed by atoms with Gasteiger partial charge in [0.2, 0.25) is 10.0 Å². The zero-order valence-electron chi connectivity index (χ0n) is 45.6. The SMILES string of the molecule is NS(=O)(=O)c1ccc(CN(CCSc2ccccc2)Cc2c(F)cccc2Cl)cc1.O=C(NS(=O)(=O)c1ccc(CN(CCSc2ccccc2)Cc2c(F)cccc2Cl)cc1)c1cccc2ccccc12.O=C(O)c1cccc2ccccc12.